The fourth-order valence-electron chi connectivity index (χ4n) is 2.23. The highest BCUT2D eigenvalue weighted by molar-refractivity contribution is 4.93. The van der Waals surface area contributed by atoms with Crippen molar-refractivity contribution < 1.29 is 4.74 Å². The average molecular weight is 254 g/mol. The molecule has 0 aliphatic carbocycles. The number of likely N-dealkylation sites (N-methyl/N-ethyl adjacent to an activating group) is 1. The van der Waals surface area contributed by atoms with Gasteiger partial charge in [0.15, 0.2) is 0 Å². The maximum Gasteiger partial charge on any atom is 0.138 e. The summed E-state index contributed by atoms with van der Waals surface area (Å²) >= 11 is 0. The largest absolute Gasteiger partial charge is 0.377 e. The van der Waals surface area contributed by atoms with Crippen molar-refractivity contribution in [3.63, 3.8) is 0 Å². The third-order valence-corrected chi connectivity index (χ3v) is 3.09. The van der Waals surface area contributed by atoms with E-state index in [9.17, 15) is 0 Å². The first-order valence-electron chi connectivity index (χ1n) is 6.77. The topological polar surface area (TPSA) is 52.0 Å². The van der Waals surface area contributed by atoms with Crippen LogP contribution in [0.25, 0.3) is 0 Å². The van der Waals surface area contributed by atoms with E-state index in [0.717, 1.165) is 25.4 Å². The van der Waals surface area contributed by atoms with Crippen LogP contribution in [0, 0.1) is 5.92 Å². The summed E-state index contributed by atoms with van der Waals surface area (Å²) in [6.07, 6.45) is 2.64. The van der Waals surface area contributed by atoms with Gasteiger partial charge in [0.1, 0.15) is 12.2 Å². The monoisotopic (exact) mass is 254 g/mol. The summed E-state index contributed by atoms with van der Waals surface area (Å²) in [5.41, 5.74) is 0. The zero-order valence-electron chi connectivity index (χ0n) is 12.2. The first-order chi connectivity index (χ1) is 8.60. The molecular formula is C13H26N4O. The standard InChI is InChI=1S/C13H26N4O/c1-6-14-11(13(10(3)4)18-7-2)8-12-15-9-16-17(12)5/h9-11,13-14H,6-8H2,1-5H3. The van der Waals surface area contributed by atoms with E-state index < -0.39 is 0 Å². The van der Waals surface area contributed by atoms with Crippen molar-refractivity contribution >= 4 is 0 Å². The highest BCUT2D eigenvalue weighted by Crippen LogP contribution is 2.14. The second-order valence-corrected chi connectivity index (χ2v) is 4.83. The molecule has 0 saturated heterocycles. The molecule has 0 bridgehead atoms. The van der Waals surface area contributed by atoms with Crippen LogP contribution >= 0.6 is 0 Å². The Kier molecular flexibility index (Phi) is 6.29. The molecule has 0 spiro atoms. The number of nitrogens with zero attached hydrogens (tertiary/aromatic N) is 3. The van der Waals surface area contributed by atoms with Gasteiger partial charge in [0, 0.05) is 26.1 Å². The Labute approximate surface area is 110 Å². The van der Waals surface area contributed by atoms with Gasteiger partial charge >= 0.3 is 0 Å². The van der Waals surface area contributed by atoms with E-state index in [1.165, 1.54) is 0 Å². The van der Waals surface area contributed by atoms with Crippen LogP contribution in [0.1, 0.15) is 33.5 Å². The first-order valence-corrected chi connectivity index (χ1v) is 6.77. The minimum Gasteiger partial charge on any atom is -0.377 e. The zero-order chi connectivity index (χ0) is 13.5. The van der Waals surface area contributed by atoms with Crippen molar-refractivity contribution in [3.05, 3.63) is 12.2 Å². The summed E-state index contributed by atoms with van der Waals surface area (Å²) in [6.45, 7) is 10.2. The molecule has 0 aromatic carbocycles. The molecule has 2 unspecified atom stereocenters. The van der Waals surface area contributed by atoms with Gasteiger partial charge in [-0.05, 0) is 19.4 Å². The van der Waals surface area contributed by atoms with E-state index in [-0.39, 0.29) is 12.1 Å². The molecule has 5 heteroatoms. The molecule has 1 N–H and O–H groups in total. The molecule has 0 saturated carbocycles. The minimum absolute atomic E-state index is 0.201. The van der Waals surface area contributed by atoms with Crippen LogP contribution in [-0.4, -0.2) is 40.1 Å². The summed E-state index contributed by atoms with van der Waals surface area (Å²) in [4.78, 5) is 4.30. The fourth-order valence-corrected chi connectivity index (χ4v) is 2.23. The van der Waals surface area contributed by atoms with Gasteiger partial charge in [0.25, 0.3) is 0 Å². The molecule has 104 valence electrons. The molecule has 1 heterocycles. The van der Waals surface area contributed by atoms with Gasteiger partial charge in [-0.25, -0.2) is 4.98 Å². The highest BCUT2D eigenvalue weighted by atomic mass is 16.5. The smallest absolute Gasteiger partial charge is 0.138 e. The van der Waals surface area contributed by atoms with Crippen molar-refractivity contribution in [1.29, 1.82) is 0 Å². The number of nitrogens with one attached hydrogen (secondary N) is 1. The number of rotatable bonds is 8. The van der Waals surface area contributed by atoms with E-state index >= 15 is 0 Å². The van der Waals surface area contributed by atoms with Gasteiger partial charge in [0.05, 0.1) is 6.10 Å². The van der Waals surface area contributed by atoms with Gasteiger partial charge in [-0.2, -0.15) is 5.10 Å². The lowest BCUT2D eigenvalue weighted by Gasteiger charge is -2.30. The van der Waals surface area contributed by atoms with E-state index in [0.29, 0.717) is 5.92 Å². The molecule has 18 heavy (non-hydrogen) atoms. The Morgan fingerprint density at radius 3 is 2.56 bits per heavy atom. The van der Waals surface area contributed by atoms with Gasteiger partial charge in [-0.1, -0.05) is 20.8 Å². The third-order valence-electron chi connectivity index (χ3n) is 3.09. The zero-order valence-corrected chi connectivity index (χ0v) is 12.2. The minimum atomic E-state index is 0.201. The molecule has 1 rings (SSSR count). The first kappa shape index (κ1) is 15.1. The highest BCUT2D eigenvalue weighted by Gasteiger charge is 2.25. The van der Waals surface area contributed by atoms with Crippen LogP contribution in [0.2, 0.25) is 0 Å². The van der Waals surface area contributed by atoms with Gasteiger partial charge < -0.3 is 10.1 Å². The molecule has 0 amide bonds. The predicted octanol–water partition coefficient (Wildman–Crippen LogP) is 1.40. The SMILES string of the molecule is CCNC(Cc1ncnn1C)C(OCC)C(C)C. The van der Waals surface area contributed by atoms with Crippen LogP contribution in [-0.2, 0) is 18.2 Å². The van der Waals surface area contributed by atoms with Crippen molar-refractivity contribution in [1.82, 2.24) is 20.1 Å². The van der Waals surface area contributed by atoms with Crippen LogP contribution in [0.15, 0.2) is 6.33 Å². The van der Waals surface area contributed by atoms with Crippen molar-refractivity contribution in [2.24, 2.45) is 13.0 Å². The molecule has 0 aliphatic rings. The van der Waals surface area contributed by atoms with Crippen LogP contribution in [0.5, 0.6) is 0 Å². The summed E-state index contributed by atoms with van der Waals surface area (Å²) in [5, 5.41) is 7.63. The van der Waals surface area contributed by atoms with Gasteiger partial charge in [-0.3, -0.25) is 4.68 Å². The Bertz CT molecular complexity index is 337. The number of ether oxygens (including phenoxy) is 1. The number of hydrogen-bond donors (Lipinski definition) is 1. The summed E-state index contributed by atoms with van der Waals surface area (Å²) in [5.74, 6) is 1.47. The maximum absolute atomic E-state index is 5.89. The second-order valence-electron chi connectivity index (χ2n) is 4.83. The molecule has 1 aromatic rings. The number of aromatic nitrogens is 3. The van der Waals surface area contributed by atoms with Crippen molar-refractivity contribution in [3.8, 4) is 0 Å². The molecular weight excluding hydrogens is 228 g/mol. The predicted molar refractivity (Wildman–Crippen MR) is 72.4 cm³/mol. The van der Waals surface area contributed by atoms with Crippen molar-refractivity contribution in [2.75, 3.05) is 13.2 Å². The van der Waals surface area contributed by atoms with E-state index in [4.69, 9.17) is 4.74 Å². The summed E-state index contributed by atoms with van der Waals surface area (Å²) in [7, 11) is 1.93. The van der Waals surface area contributed by atoms with E-state index in [1.807, 2.05) is 18.7 Å². The van der Waals surface area contributed by atoms with E-state index in [1.54, 1.807) is 6.33 Å². The Hall–Kier alpha value is -0.940. The quantitative estimate of drug-likeness (QED) is 0.762. The molecule has 0 radical (unpaired) electrons. The fraction of sp³-hybridized carbons (Fsp3) is 0.846. The summed E-state index contributed by atoms with van der Waals surface area (Å²) in [6, 6.07) is 0.276. The maximum atomic E-state index is 5.89. The molecule has 5 nitrogen and oxygen atoms in total. The number of aryl methyl sites for hydroxylation is 1. The Balaban J connectivity index is 2.76. The Morgan fingerprint density at radius 2 is 2.11 bits per heavy atom. The van der Waals surface area contributed by atoms with Gasteiger partial charge in [0.2, 0.25) is 0 Å². The van der Waals surface area contributed by atoms with Crippen LogP contribution < -0.4 is 5.32 Å². The normalized spacial score (nSPS) is 15.0. The van der Waals surface area contributed by atoms with Crippen molar-refractivity contribution in [2.45, 2.75) is 46.3 Å². The molecule has 1 aromatic heterocycles. The van der Waals surface area contributed by atoms with Crippen LogP contribution in [0.3, 0.4) is 0 Å². The third kappa shape index (κ3) is 4.07. The lowest BCUT2D eigenvalue weighted by molar-refractivity contribution is 0.00334. The molecule has 2 atom stereocenters. The molecule has 0 fully saturated rings. The number of hydrogen-bond acceptors (Lipinski definition) is 4. The van der Waals surface area contributed by atoms with Crippen LogP contribution in [0.4, 0.5) is 0 Å². The second kappa shape index (κ2) is 7.48. The summed E-state index contributed by atoms with van der Waals surface area (Å²) < 4.78 is 7.71. The average Bonchev–Trinajstić information content (AvgIpc) is 2.71. The lowest BCUT2D eigenvalue weighted by atomic mass is 9.96. The van der Waals surface area contributed by atoms with Gasteiger partial charge in [-0.15, -0.1) is 0 Å². The van der Waals surface area contributed by atoms with E-state index in [2.05, 4.69) is 36.2 Å². The molecule has 0 aliphatic heterocycles. The Morgan fingerprint density at radius 1 is 1.39 bits per heavy atom. The lowest BCUT2D eigenvalue weighted by Crippen LogP contribution is -2.46.